The minimum atomic E-state index is -1.26. The fourth-order valence-corrected chi connectivity index (χ4v) is 3.71. The van der Waals surface area contributed by atoms with Gasteiger partial charge in [0.2, 0.25) is 0 Å². The summed E-state index contributed by atoms with van der Waals surface area (Å²) in [5.41, 5.74) is 1.81. The summed E-state index contributed by atoms with van der Waals surface area (Å²) in [5, 5.41) is 20.9. The van der Waals surface area contributed by atoms with Crippen LogP contribution in [0.1, 0.15) is 37.4 Å². The fourth-order valence-electron chi connectivity index (χ4n) is 3.71. The third kappa shape index (κ3) is 5.70. The predicted molar refractivity (Wildman–Crippen MR) is 114 cm³/mol. The molecule has 0 radical (unpaired) electrons. The van der Waals surface area contributed by atoms with Crippen LogP contribution in [-0.2, 0) is 25.7 Å². The first-order valence-electron chi connectivity index (χ1n) is 10.4. The van der Waals surface area contributed by atoms with Crippen LogP contribution in [0.15, 0.2) is 60.7 Å². The van der Waals surface area contributed by atoms with Gasteiger partial charge in [0.1, 0.15) is 12.1 Å². The Hall–Kier alpha value is -2.74. The van der Waals surface area contributed by atoms with Crippen LogP contribution in [0.5, 0.6) is 0 Å². The van der Waals surface area contributed by atoms with Crippen molar-refractivity contribution in [1.29, 1.82) is 0 Å². The lowest BCUT2D eigenvalue weighted by Crippen LogP contribution is -2.58. The topological polar surface area (TPSA) is 96.3 Å². The Bertz CT molecular complexity index is 859. The maximum atomic E-state index is 12.9. The molecule has 1 fully saturated rings. The maximum absolute atomic E-state index is 12.9. The lowest BCUT2D eigenvalue weighted by atomic mass is 9.97. The number of hydrogen-bond donors (Lipinski definition) is 2. The Balaban J connectivity index is 1.66. The van der Waals surface area contributed by atoms with Gasteiger partial charge in [-0.25, -0.2) is 4.79 Å². The summed E-state index contributed by atoms with van der Waals surface area (Å²) < 4.78 is 10.7. The molecule has 7 heteroatoms. The molecule has 0 spiro atoms. The zero-order valence-corrected chi connectivity index (χ0v) is 17.8. The Morgan fingerprint density at radius 2 is 1.61 bits per heavy atom. The summed E-state index contributed by atoms with van der Waals surface area (Å²) >= 11 is 0. The lowest BCUT2D eigenvalue weighted by molar-refractivity contribution is -0.182. The summed E-state index contributed by atoms with van der Waals surface area (Å²) in [6.07, 6.45) is -3.52. The minimum absolute atomic E-state index is 0.101. The van der Waals surface area contributed by atoms with Crippen LogP contribution < -0.4 is 0 Å². The van der Waals surface area contributed by atoms with Crippen molar-refractivity contribution in [1.82, 2.24) is 4.90 Å². The number of benzene rings is 2. The molecule has 1 saturated heterocycles. The first-order chi connectivity index (χ1) is 14.9. The Morgan fingerprint density at radius 1 is 1.00 bits per heavy atom. The second kappa shape index (κ2) is 10.5. The van der Waals surface area contributed by atoms with E-state index >= 15 is 0 Å². The quantitative estimate of drug-likeness (QED) is 0.596. The van der Waals surface area contributed by atoms with Crippen molar-refractivity contribution in [2.24, 2.45) is 0 Å². The molecule has 2 N–H and O–H groups in total. The second-order valence-electron chi connectivity index (χ2n) is 7.80. The van der Waals surface area contributed by atoms with Crippen LogP contribution in [0, 0.1) is 0 Å². The molecular weight excluding hydrogens is 398 g/mol. The predicted octanol–water partition coefficient (Wildman–Crippen LogP) is 2.22. The molecule has 2 aromatic rings. The van der Waals surface area contributed by atoms with Crippen molar-refractivity contribution in [2.45, 2.75) is 57.3 Å². The van der Waals surface area contributed by atoms with Crippen molar-refractivity contribution in [3.8, 4) is 0 Å². The van der Waals surface area contributed by atoms with E-state index in [1.165, 1.54) is 11.8 Å². The van der Waals surface area contributed by atoms with E-state index in [-0.39, 0.29) is 18.9 Å². The standard InChI is InChI=1S/C24H29NO6/c1-16(19-11-7-4-8-12-19)25-20(24(29)31-17(2)23(25)28)13-21(26)22(27)15-30-14-18-9-5-3-6-10-18/h3-12,16-17,20-22,26-27H,13-15H2,1-2H3/t16-,17+,20-,21+,22+/m0/s1. The molecular formula is C24H29NO6. The number of hydrogen-bond acceptors (Lipinski definition) is 6. The SMILES string of the molecule is C[C@H]1OC(=O)[C@H](C[C@@H](O)[C@H](O)COCc2ccccc2)N([C@@H](C)c2ccccc2)C1=O. The average Bonchev–Trinajstić information content (AvgIpc) is 2.78. The zero-order valence-electron chi connectivity index (χ0n) is 17.8. The molecule has 0 saturated carbocycles. The summed E-state index contributed by atoms with van der Waals surface area (Å²) in [4.78, 5) is 26.9. The first kappa shape index (κ1) is 22.9. The van der Waals surface area contributed by atoms with Gasteiger partial charge in [0.25, 0.3) is 5.91 Å². The van der Waals surface area contributed by atoms with Crippen LogP contribution in [0.25, 0.3) is 0 Å². The van der Waals surface area contributed by atoms with Crippen molar-refractivity contribution in [3.63, 3.8) is 0 Å². The van der Waals surface area contributed by atoms with Gasteiger partial charge in [0.15, 0.2) is 6.10 Å². The first-order valence-corrected chi connectivity index (χ1v) is 10.4. The molecule has 0 aliphatic carbocycles. The van der Waals surface area contributed by atoms with Crippen molar-refractivity contribution < 1.29 is 29.3 Å². The average molecular weight is 427 g/mol. The van der Waals surface area contributed by atoms with Crippen molar-refractivity contribution in [2.75, 3.05) is 6.61 Å². The van der Waals surface area contributed by atoms with E-state index in [0.29, 0.717) is 6.61 Å². The van der Waals surface area contributed by atoms with Crippen LogP contribution in [-0.4, -0.2) is 58.0 Å². The van der Waals surface area contributed by atoms with Crippen molar-refractivity contribution >= 4 is 11.9 Å². The third-order valence-electron chi connectivity index (χ3n) is 5.51. The lowest BCUT2D eigenvalue weighted by Gasteiger charge is -2.41. The smallest absolute Gasteiger partial charge is 0.329 e. The molecule has 166 valence electrons. The van der Waals surface area contributed by atoms with E-state index in [1.54, 1.807) is 0 Å². The van der Waals surface area contributed by atoms with Gasteiger partial charge in [-0.1, -0.05) is 60.7 Å². The summed E-state index contributed by atoms with van der Waals surface area (Å²) in [5.74, 6) is -0.922. The van der Waals surface area contributed by atoms with Crippen LogP contribution in [0.3, 0.4) is 0 Å². The molecule has 1 amide bonds. The fraction of sp³-hybridized carbons (Fsp3) is 0.417. The van der Waals surface area contributed by atoms with E-state index in [9.17, 15) is 19.8 Å². The second-order valence-corrected chi connectivity index (χ2v) is 7.80. The molecule has 7 nitrogen and oxygen atoms in total. The number of aliphatic hydroxyl groups excluding tert-OH is 2. The number of esters is 1. The number of morpholine rings is 1. The van der Waals surface area contributed by atoms with E-state index in [4.69, 9.17) is 9.47 Å². The van der Waals surface area contributed by atoms with E-state index in [0.717, 1.165) is 11.1 Å². The van der Waals surface area contributed by atoms with Gasteiger partial charge >= 0.3 is 5.97 Å². The molecule has 0 aromatic heterocycles. The van der Waals surface area contributed by atoms with Gasteiger partial charge in [-0.15, -0.1) is 0 Å². The highest BCUT2D eigenvalue weighted by Crippen LogP contribution is 2.30. The number of cyclic esters (lactones) is 1. The Labute approximate surface area is 182 Å². The van der Waals surface area contributed by atoms with Gasteiger partial charge in [-0.3, -0.25) is 4.79 Å². The number of rotatable bonds is 9. The molecule has 5 atom stereocenters. The van der Waals surface area contributed by atoms with Gasteiger partial charge in [-0.2, -0.15) is 0 Å². The molecule has 3 rings (SSSR count). The molecule has 1 aliphatic rings. The van der Waals surface area contributed by atoms with E-state index in [2.05, 4.69) is 0 Å². The van der Waals surface area contributed by atoms with Crippen LogP contribution in [0.4, 0.5) is 0 Å². The highest BCUT2D eigenvalue weighted by molar-refractivity contribution is 5.92. The summed E-state index contributed by atoms with van der Waals surface area (Å²) in [6.45, 7) is 3.56. The normalized spacial score (nSPS) is 22.0. The molecule has 31 heavy (non-hydrogen) atoms. The number of amides is 1. The van der Waals surface area contributed by atoms with Gasteiger partial charge in [0, 0.05) is 6.42 Å². The number of ether oxygens (including phenoxy) is 2. The van der Waals surface area contributed by atoms with Crippen molar-refractivity contribution in [3.05, 3.63) is 71.8 Å². The van der Waals surface area contributed by atoms with Crippen LogP contribution >= 0.6 is 0 Å². The molecule has 0 bridgehead atoms. The van der Waals surface area contributed by atoms with Gasteiger partial charge in [0.05, 0.1) is 25.4 Å². The maximum Gasteiger partial charge on any atom is 0.329 e. The number of carbonyl (C=O) groups is 2. The highest BCUT2D eigenvalue weighted by atomic mass is 16.6. The van der Waals surface area contributed by atoms with Crippen LogP contribution in [0.2, 0.25) is 0 Å². The minimum Gasteiger partial charge on any atom is -0.451 e. The summed E-state index contributed by atoms with van der Waals surface area (Å²) in [6, 6.07) is 17.4. The highest BCUT2D eigenvalue weighted by Gasteiger charge is 2.44. The van der Waals surface area contributed by atoms with Gasteiger partial charge in [-0.05, 0) is 25.0 Å². The monoisotopic (exact) mass is 427 g/mol. The number of carbonyl (C=O) groups excluding carboxylic acids is 2. The van der Waals surface area contributed by atoms with E-state index < -0.39 is 36.4 Å². The molecule has 1 aliphatic heterocycles. The van der Waals surface area contributed by atoms with E-state index in [1.807, 2.05) is 67.6 Å². The molecule has 0 unspecified atom stereocenters. The zero-order chi connectivity index (χ0) is 22.4. The third-order valence-corrected chi connectivity index (χ3v) is 5.51. The number of nitrogens with zero attached hydrogens (tertiary/aromatic N) is 1. The Morgan fingerprint density at radius 3 is 2.26 bits per heavy atom. The van der Waals surface area contributed by atoms with Gasteiger partial charge < -0.3 is 24.6 Å². The number of aliphatic hydroxyl groups is 2. The largest absolute Gasteiger partial charge is 0.451 e. The molecule has 2 aromatic carbocycles. The molecule has 1 heterocycles. The Kier molecular flexibility index (Phi) is 7.79. The summed E-state index contributed by atoms with van der Waals surface area (Å²) in [7, 11) is 0.